The fourth-order valence-electron chi connectivity index (χ4n) is 11.0. The summed E-state index contributed by atoms with van der Waals surface area (Å²) in [5, 5.41) is 10.5. The Morgan fingerprint density at radius 3 is 2.24 bits per heavy atom. The van der Waals surface area contributed by atoms with Crippen molar-refractivity contribution in [1.29, 1.82) is 0 Å². The summed E-state index contributed by atoms with van der Waals surface area (Å²) in [6.45, 7) is 17.4. The molecular weight excluding hydrogens is 464 g/mol. The number of carboxylic acid groups (broad SMARTS) is 1. The molecule has 11 atom stereocenters. The van der Waals surface area contributed by atoms with Gasteiger partial charge in [-0.2, -0.15) is 0 Å². The van der Waals surface area contributed by atoms with Crippen molar-refractivity contribution in [3.05, 3.63) is 11.6 Å². The Hall–Kier alpha value is -1.65. The van der Waals surface area contributed by atoms with Gasteiger partial charge in [0.1, 0.15) is 11.5 Å². The molecule has 4 fully saturated rings. The van der Waals surface area contributed by atoms with E-state index in [-0.39, 0.29) is 33.9 Å². The Morgan fingerprint density at radius 2 is 1.62 bits per heavy atom. The van der Waals surface area contributed by atoms with Crippen molar-refractivity contribution in [3.63, 3.8) is 0 Å². The highest BCUT2D eigenvalue weighted by molar-refractivity contribution is 5.96. The third-order valence-corrected chi connectivity index (χ3v) is 13.5. The van der Waals surface area contributed by atoms with Crippen molar-refractivity contribution in [1.82, 2.24) is 0 Å². The van der Waals surface area contributed by atoms with E-state index in [0.29, 0.717) is 30.6 Å². The molecule has 5 aliphatic rings. The minimum absolute atomic E-state index is 0.0680. The molecule has 206 valence electrons. The molecule has 0 aromatic carbocycles. The molecule has 0 aliphatic heterocycles. The fraction of sp³-hybridized carbons (Fsp3) is 0.844. The molecule has 5 heteroatoms. The molecule has 0 heterocycles. The highest BCUT2D eigenvalue weighted by Gasteiger charge is 2.72. The first-order chi connectivity index (χ1) is 17.1. The van der Waals surface area contributed by atoms with Crippen molar-refractivity contribution >= 4 is 17.7 Å². The minimum Gasteiger partial charge on any atom is -0.481 e. The van der Waals surface area contributed by atoms with Gasteiger partial charge in [-0.05, 0) is 110 Å². The van der Waals surface area contributed by atoms with E-state index in [4.69, 9.17) is 4.74 Å². The van der Waals surface area contributed by atoms with Crippen LogP contribution in [-0.4, -0.2) is 28.9 Å². The van der Waals surface area contributed by atoms with E-state index in [0.717, 1.165) is 19.3 Å². The molecule has 0 amide bonds. The van der Waals surface area contributed by atoms with Gasteiger partial charge in [0.2, 0.25) is 0 Å². The van der Waals surface area contributed by atoms with Crippen LogP contribution in [-0.2, 0) is 19.1 Å². The number of ketones is 1. The predicted octanol–water partition coefficient (Wildman–Crippen LogP) is 6.84. The molecule has 0 unspecified atom stereocenters. The van der Waals surface area contributed by atoms with Crippen LogP contribution in [0.5, 0.6) is 0 Å². The highest BCUT2D eigenvalue weighted by Crippen LogP contribution is 2.75. The van der Waals surface area contributed by atoms with Crippen LogP contribution in [0.15, 0.2) is 11.6 Å². The maximum Gasteiger partial charge on any atom is 0.313 e. The Morgan fingerprint density at radius 1 is 0.946 bits per heavy atom. The summed E-state index contributed by atoms with van der Waals surface area (Å²) < 4.78 is 5.63. The summed E-state index contributed by atoms with van der Waals surface area (Å²) in [4.78, 5) is 39.1. The first kappa shape index (κ1) is 26.9. The predicted molar refractivity (Wildman–Crippen MR) is 143 cm³/mol. The Balaban J connectivity index is 1.62. The van der Waals surface area contributed by atoms with Gasteiger partial charge in [0.25, 0.3) is 0 Å². The smallest absolute Gasteiger partial charge is 0.313 e. The second-order valence-corrected chi connectivity index (χ2v) is 15.0. The van der Waals surface area contributed by atoms with E-state index >= 15 is 0 Å². The monoisotopic (exact) mass is 512 g/mol. The van der Waals surface area contributed by atoms with Gasteiger partial charge in [-0.25, -0.2) is 0 Å². The molecule has 5 nitrogen and oxygen atoms in total. The van der Waals surface area contributed by atoms with Crippen LogP contribution in [0.4, 0.5) is 0 Å². The lowest BCUT2D eigenvalue weighted by molar-refractivity contribution is -0.220. The topological polar surface area (TPSA) is 80.7 Å². The second kappa shape index (κ2) is 8.18. The standard InChI is InChI=1S/C32H48O5/c1-18-9-12-28(4)15-16-30(6)21(25(28)19(18)2)17-22(34)26-29(5)13-11-24(37-20(3)33)32(8,27(35)36)23(29)10-14-31(26,30)7/h17-19,23-26H,9-16H2,1-8H3,(H,35,36)/t18-,19+,23+,24-,25+,26+,28-,29+,30-,31-,32-/m1/s1. The van der Waals surface area contributed by atoms with Gasteiger partial charge in [0.05, 0.1) is 0 Å². The van der Waals surface area contributed by atoms with Gasteiger partial charge in [-0.1, -0.05) is 47.1 Å². The largest absolute Gasteiger partial charge is 0.481 e. The number of hydrogen-bond donors (Lipinski definition) is 1. The normalized spacial score (nSPS) is 53.1. The minimum atomic E-state index is -1.20. The third-order valence-electron chi connectivity index (χ3n) is 13.5. The quantitative estimate of drug-likeness (QED) is 0.410. The van der Waals surface area contributed by atoms with Crippen LogP contribution >= 0.6 is 0 Å². The molecular formula is C32H48O5. The molecule has 37 heavy (non-hydrogen) atoms. The maximum atomic E-state index is 14.4. The molecule has 0 aromatic rings. The SMILES string of the molecule is CC(=O)O[C@@H]1CC[C@@]2(C)[C@H](CC[C@]3(C)[C@H]2C(=O)C=C2[C@@H]4[C@@H](C)[C@H](C)CC[C@]4(C)CC[C@]23C)[C@@]1(C)C(=O)O. The van der Waals surface area contributed by atoms with Crippen molar-refractivity contribution < 1.29 is 24.2 Å². The number of fused-ring (bicyclic) bond motifs is 7. The van der Waals surface area contributed by atoms with Crippen molar-refractivity contribution in [3.8, 4) is 0 Å². The maximum absolute atomic E-state index is 14.4. The molecule has 0 aromatic heterocycles. The molecule has 0 saturated heterocycles. The molecule has 5 aliphatic carbocycles. The van der Waals surface area contributed by atoms with Gasteiger partial charge in [-0.3, -0.25) is 14.4 Å². The first-order valence-electron chi connectivity index (χ1n) is 14.7. The van der Waals surface area contributed by atoms with Gasteiger partial charge in [-0.15, -0.1) is 0 Å². The van der Waals surface area contributed by atoms with Crippen LogP contribution in [0, 0.1) is 56.7 Å². The number of carbonyl (C=O) groups is 3. The van der Waals surface area contributed by atoms with Crippen LogP contribution in [0.3, 0.4) is 0 Å². The number of allylic oxidation sites excluding steroid dienone is 2. The van der Waals surface area contributed by atoms with E-state index in [1.807, 2.05) is 0 Å². The fourth-order valence-corrected chi connectivity index (χ4v) is 11.0. The zero-order valence-corrected chi connectivity index (χ0v) is 24.3. The van der Waals surface area contributed by atoms with E-state index < -0.39 is 28.9 Å². The van der Waals surface area contributed by atoms with Crippen molar-refractivity contribution in [2.75, 3.05) is 0 Å². The Kier molecular flexibility index (Phi) is 5.95. The van der Waals surface area contributed by atoms with Crippen LogP contribution in [0.1, 0.15) is 107 Å². The number of ether oxygens (including phenoxy) is 1. The number of carboxylic acids is 1. The van der Waals surface area contributed by atoms with Crippen LogP contribution in [0.25, 0.3) is 0 Å². The molecule has 0 spiro atoms. The summed E-state index contributed by atoms with van der Waals surface area (Å²) in [6, 6.07) is 0. The summed E-state index contributed by atoms with van der Waals surface area (Å²) >= 11 is 0. The molecule has 0 radical (unpaired) electrons. The average Bonchev–Trinajstić information content (AvgIpc) is 2.79. The number of hydrogen-bond acceptors (Lipinski definition) is 4. The third kappa shape index (κ3) is 3.30. The second-order valence-electron chi connectivity index (χ2n) is 15.0. The highest BCUT2D eigenvalue weighted by atomic mass is 16.5. The number of carbonyl (C=O) groups excluding carboxylic acids is 2. The van der Waals surface area contributed by atoms with Gasteiger partial charge in [0, 0.05) is 12.8 Å². The van der Waals surface area contributed by atoms with E-state index in [9.17, 15) is 19.5 Å². The number of aliphatic carboxylic acids is 1. The summed E-state index contributed by atoms with van der Waals surface area (Å²) in [7, 11) is 0. The van der Waals surface area contributed by atoms with Gasteiger partial charge < -0.3 is 9.84 Å². The van der Waals surface area contributed by atoms with E-state index in [1.165, 1.54) is 31.8 Å². The lowest BCUT2D eigenvalue weighted by Gasteiger charge is -2.70. The lowest BCUT2D eigenvalue weighted by atomic mass is 9.33. The van der Waals surface area contributed by atoms with E-state index in [1.54, 1.807) is 6.92 Å². The number of esters is 1. The molecule has 5 rings (SSSR count). The van der Waals surface area contributed by atoms with Crippen LogP contribution < -0.4 is 0 Å². The zero-order chi connectivity index (χ0) is 27.3. The number of rotatable bonds is 2. The Bertz CT molecular complexity index is 1060. The molecule has 1 N–H and O–H groups in total. The Labute approximate surface area is 223 Å². The molecule has 0 bridgehead atoms. The lowest BCUT2D eigenvalue weighted by Crippen LogP contribution is -2.68. The summed E-state index contributed by atoms with van der Waals surface area (Å²) in [5.41, 5.74) is -0.280. The zero-order valence-electron chi connectivity index (χ0n) is 24.3. The summed E-state index contributed by atoms with van der Waals surface area (Å²) in [5.74, 6) is 0.0756. The summed E-state index contributed by atoms with van der Waals surface area (Å²) in [6.07, 6.45) is 8.96. The van der Waals surface area contributed by atoms with Crippen molar-refractivity contribution in [2.45, 2.75) is 113 Å². The van der Waals surface area contributed by atoms with Gasteiger partial charge >= 0.3 is 11.9 Å². The first-order valence-corrected chi connectivity index (χ1v) is 14.7. The van der Waals surface area contributed by atoms with Crippen LogP contribution in [0.2, 0.25) is 0 Å². The molecule has 4 saturated carbocycles. The average molecular weight is 513 g/mol. The van der Waals surface area contributed by atoms with Crippen molar-refractivity contribution in [2.24, 2.45) is 56.7 Å². The van der Waals surface area contributed by atoms with E-state index in [2.05, 4.69) is 47.6 Å². The van der Waals surface area contributed by atoms with Gasteiger partial charge in [0.15, 0.2) is 5.78 Å².